The number of nitriles is 1. The molecule has 0 unspecified atom stereocenters. The average Bonchev–Trinajstić information content (AvgIpc) is 2.79. The minimum atomic E-state index is -4.17. The molecule has 0 saturated heterocycles. The molecule has 0 aliphatic heterocycles. The van der Waals surface area contributed by atoms with Crippen LogP contribution in [0.3, 0.4) is 0 Å². The Bertz CT molecular complexity index is 986. The third-order valence-electron chi connectivity index (χ3n) is 6.72. The maximum Gasteiger partial charge on any atom is 0.389 e. The molecular formula is C27H30F5NO. The van der Waals surface area contributed by atoms with E-state index in [0.29, 0.717) is 17.0 Å². The number of hydrogen-bond donors (Lipinski definition) is 0. The Morgan fingerprint density at radius 3 is 2.24 bits per heavy atom. The second kappa shape index (κ2) is 11.8. The Hall–Kier alpha value is -2.46. The zero-order chi connectivity index (χ0) is 24.7. The van der Waals surface area contributed by atoms with E-state index in [1.165, 1.54) is 37.8 Å². The third kappa shape index (κ3) is 6.56. The van der Waals surface area contributed by atoms with Gasteiger partial charge in [0, 0.05) is 0 Å². The van der Waals surface area contributed by atoms with E-state index in [0.717, 1.165) is 43.9 Å². The number of ether oxygens (including phenoxy) is 1. The van der Waals surface area contributed by atoms with Gasteiger partial charge in [-0.2, -0.15) is 14.0 Å². The van der Waals surface area contributed by atoms with Crippen molar-refractivity contribution in [3.05, 3.63) is 70.0 Å². The number of benzene rings is 2. The normalized spacial score (nSPS) is 18.6. The second-order valence-corrected chi connectivity index (χ2v) is 9.11. The first-order valence-corrected chi connectivity index (χ1v) is 11.9. The van der Waals surface area contributed by atoms with Crippen LogP contribution in [0.15, 0.2) is 30.3 Å². The van der Waals surface area contributed by atoms with Gasteiger partial charge >= 0.3 is 6.11 Å². The SMILES string of the molecule is CCCCC[C@H]1CC[C@H](c2cc(F)c(C(F)(F)OCCc3ccc(C#N)c(F)c3)c(F)c2)CC1. The molecule has 1 aliphatic rings. The van der Waals surface area contributed by atoms with E-state index in [1.807, 2.05) is 0 Å². The number of halogens is 5. The fourth-order valence-corrected chi connectivity index (χ4v) is 4.75. The van der Waals surface area contributed by atoms with E-state index < -0.39 is 35.7 Å². The van der Waals surface area contributed by atoms with E-state index in [-0.39, 0.29) is 17.9 Å². The Labute approximate surface area is 197 Å². The van der Waals surface area contributed by atoms with Gasteiger partial charge in [-0.1, -0.05) is 38.7 Å². The highest BCUT2D eigenvalue weighted by Crippen LogP contribution is 2.40. The molecule has 0 amide bonds. The first kappa shape index (κ1) is 26.2. The number of rotatable bonds is 10. The monoisotopic (exact) mass is 479 g/mol. The molecule has 3 rings (SSSR count). The Kier molecular flexibility index (Phi) is 9.07. The summed E-state index contributed by atoms with van der Waals surface area (Å²) in [4.78, 5) is 0. The molecule has 0 atom stereocenters. The van der Waals surface area contributed by atoms with E-state index in [9.17, 15) is 22.0 Å². The molecule has 0 aromatic heterocycles. The Morgan fingerprint density at radius 1 is 0.971 bits per heavy atom. The number of alkyl halides is 2. The summed E-state index contributed by atoms with van der Waals surface area (Å²) in [5.41, 5.74) is -0.830. The summed E-state index contributed by atoms with van der Waals surface area (Å²) in [6.07, 6.45) is 4.01. The second-order valence-electron chi connectivity index (χ2n) is 9.11. The molecule has 0 radical (unpaired) electrons. The van der Waals surface area contributed by atoms with Crippen molar-refractivity contribution in [2.75, 3.05) is 6.61 Å². The average molecular weight is 480 g/mol. The van der Waals surface area contributed by atoms with E-state index in [2.05, 4.69) is 11.7 Å². The van der Waals surface area contributed by atoms with Crippen molar-refractivity contribution in [1.82, 2.24) is 0 Å². The third-order valence-corrected chi connectivity index (χ3v) is 6.72. The zero-order valence-electron chi connectivity index (χ0n) is 19.4. The van der Waals surface area contributed by atoms with Crippen LogP contribution in [0.25, 0.3) is 0 Å². The molecule has 1 fully saturated rings. The quantitative estimate of drug-likeness (QED) is 0.255. The van der Waals surface area contributed by atoms with Crippen molar-refractivity contribution in [3.8, 4) is 6.07 Å². The van der Waals surface area contributed by atoms with Crippen molar-refractivity contribution in [1.29, 1.82) is 5.26 Å². The molecule has 184 valence electrons. The summed E-state index contributed by atoms with van der Waals surface area (Å²) >= 11 is 0. The van der Waals surface area contributed by atoms with E-state index >= 15 is 0 Å². The highest BCUT2D eigenvalue weighted by molar-refractivity contribution is 5.34. The van der Waals surface area contributed by atoms with Gasteiger partial charge in [-0.15, -0.1) is 0 Å². The van der Waals surface area contributed by atoms with Crippen LogP contribution in [-0.2, 0) is 17.3 Å². The summed E-state index contributed by atoms with van der Waals surface area (Å²) in [5.74, 6) is -2.83. The van der Waals surface area contributed by atoms with Gasteiger partial charge in [0.2, 0.25) is 0 Å². The number of hydrogen-bond acceptors (Lipinski definition) is 2. The lowest BCUT2D eigenvalue weighted by Crippen LogP contribution is -2.24. The van der Waals surface area contributed by atoms with Crippen molar-refractivity contribution in [2.24, 2.45) is 5.92 Å². The predicted molar refractivity (Wildman–Crippen MR) is 120 cm³/mol. The fourth-order valence-electron chi connectivity index (χ4n) is 4.75. The summed E-state index contributed by atoms with van der Waals surface area (Å²) < 4.78 is 76.5. The molecule has 0 heterocycles. The lowest BCUT2D eigenvalue weighted by Gasteiger charge is -2.29. The molecule has 2 aromatic carbocycles. The van der Waals surface area contributed by atoms with Crippen molar-refractivity contribution in [2.45, 2.75) is 76.7 Å². The maximum absolute atomic E-state index is 14.7. The molecular weight excluding hydrogens is 449 g/mol. The van der Waals surface area contributed by atoms with Crippen LogP contribution in [-0.4, -0.2) is 6.61 Å². The van der Waals surface area contributed by atoms with Crippen LogP contribution >= 0.6 is 0 Å². The van der Waals surface area contributed by atoms with Crippen LogP contribution in [0.2, 0.25) is 0 Å². The summed E-state index contributed by atoms with van der Waals surface area (Å²) in [6.45, 7) is 1.58. The molecule has 0 spiro atoms. The van der Waals surface area contributed by atoms with Crippen LogP contribution in [0.1, 0.15) is 86.5 Å². The minimum Gasteiger partial charge on any atom is -0.316 e. The lowest BCUT2D eigenvalue weighted by molar-refractivity contribution is -0.251. The molecule has 1 aliphatic carbocycles. The molecule has 0 N–H and O–H groups in total. The largest absolute Gasteiger partial charge is 0.389 e. The molecule has 7 heteroatoms. The van der Waals surface area contributed by atoms with Gasteiger partial charge in [-0.05, 0) is 79.3 Å². The standard InChI is InChI=1S/C27H30F5NO/c1-2-3-4-5-18-6-9-20(10-7-18)22-15-24(29)26(25(30)16-22)27(31,32)34-13-12-19-8-11-21(17-33)23(28)14-19/h8,11,14-16,18,20H,2-7,9-10,12-13H2,1H3/t18-,20-. The number of nitrogens with zero attached hydrogens (tertiary/aromatic N) is 1. The minimum absolute atomic E-state index is 0.0405. The Balaban J connectivity index is 1.61. The molecule has 1 saturated carbocycles. The maximum atomic E-state index is 14.7. The molecule has 34 heavy (non-hydrogen) atoms. The van der Waals surface area contributed by atoms with E-state index in [1.54, 1.807) is 6.07 Å². The first-order valence-electron chi connectivity index (χ1n) is 11.9. The van der Waals surface area contributed by atoms with Gasteiger partial charge in [0.05, 0.1) is 12.2 Å². The summed E-state index contributed by atoms with van der Waals surface area (Å²) in [7, 11) is 0. The van der Waals surface area contributed by atoms with Crippen molar-refractivity contribution in [3.63, 3.8) is 0 Å². The Morgan fingerprint density at radius 2 is 1.65 bits per heavy atom. The predicted octanol–water partition coefficient (Wildman–Crippen LogP) is 8.14. The summed E-state index contributed by atoms with van der Waals surface area (Å²) in [6, 6.07) is 7.38. The number of unbranched alkanes of at least 4 members (excludes halogenated alkanes) is 2. The van der Waals surface area contributed by atoms with Crippen LogP contribution in [0, 0.1) is 34.7 Å². The molecule has 0 bridgehead atoms. The smallest absolute Gasteiger partial charge is 0.316 e. The van der Waals surface area contributed by atoms with Crippen molar-refractivity contribution >= 4 is 0 Å². The summed E-state index contributed by atoms with van der Waals surface area (Å²) in [5, 5.41) is 8.74. The van der Waals surface area contributed by atoms with Gasteiger partial charge in [0.15, 0.2) is 0 Å². The molecule has 2 nitrogen and oxygen atoms in total. The van der Waals surface area contributed by atoms with Crippen LogP contribution < -0.4 is 0 Å². The van der Waals surface area contributed by atoms with Gasteiger partial charge < -0.3 is 4.74 Å². The lowest BCUT2D eigenvalue weighted by atomic mass is 9.77. The van der Waals surface area contributed by atoms with Crippen LogP contribution in [0.4, 0.5) is 22.0 Å². The van der Waals surface area contributed by atoms with Crippen molar-refractivity contribution < 1.29 is 26.7 Å². The van der Waals surface area contributed by atoms with E-state index in [4.69, 9.17) is 5.26 Å². The fraction of sp³-hybridized carbons (Fsp3) is 0.519. The first-order chi connectivity index (χ1) is 16.2. The molecule has 2 aromatic rings. The topological polar surface area (TPSA) is 33.0 Å². The highest BCUT2D eigenvalue weighted by Gasteiger charge is 2.40. The van der Waals surface area contributed by atoms with Gasteiger partial charge in [0.25, 0.3) is 0 Å². The zero-order valence-corrected chi connectivity index (χ0v) is 19.4. The highest BCUT2D eigenvalue weighted by atomic mass is 19.3. The van der Waals surface area contributed by atoms with Gasteiger partial charge in [-0.3, -0.25) is 0 Å². The van der Waals surface area contributed by atoms with Gasteiger partial charge in [0.1, 0.15) is 29.1 Å². The van der Waals surface area contributed by atoms with Gasteiger partial charge in [-0.25, -0.2) is 13.2 Å². The van der Waals surface area contributed by atoms with Crippen LogP contribution in [0.5, 0.6) is 0 Å².